The molecule has 3 heteroatoms. The summed E-state index contributed by atoms with van der Waals surface area (Å²) in [7, 11) is 0. The lowest BCUT2D eigenvalue weighted by atomic mass is 9.71. The third-order valence-electron chi connectivity index (χ3n) is 7.08. The Bertz CT molecular complexity index is 889. The topological polar surface area (TPSA) is 29.5 Å². The molecule has 3 nitrogen and oxygen atoms in total. The average molecular weight is 378 g/mol. The standard InChI is InChI=1S/C25H31NO2/c1-5-25(6-2)21-13-8-7-10-18(21)19-11-9-12-20(22(19)25)23(27)24(3,4)26-14-16-28-17-15-26/h7-13H,5-6,14-17H2,1-4H3. The van der Waals surface area contributed by atoms with Gasteiger partial charge in [0.1, 0.15) is 0 Å². The zero-order valence-electron chi connectivity index (χ0n) is 17.5. The van der Waals surface area contributed by atoms with Crippen molar-refractivity contribution in [2.75, 3.05) is 26.3 Å². The summed E-state index contributed by atoms with van der Waals surface area (Å²) in [5.41, 5.74) is 5.42. The molecule has 0 amide bonds. The van der Waals surface area contributed by atoms with Crippen molar-refractivity contribution in [2.24, 2.45) is 0 Å². The fourth-order valence-electron chi connectivity index (χ4n) is 5.33. The van der Waals surface area contributed by atoms with Crippen LogP contribution in [0.2, 0.25) is 0 Å². The summed E-state index contributed by atoms with van der Waals surface area (Å²) in [6.45, 7) is 11.7. The molecule has 1 aliphatic carbocycles. The number of morpholine rings is 1. The maximum atomic E-state index is 13.9. The van der Waals surface area contributed by atoms with Gasteiger partial charge < -0.3 is 4.74 Å². The van der Waals surface area contributed by atoms with Gasteiger partial charge in [-0.05, 0) is 48.9 Å². The first-order chi connectivity index (χ1) is 13.5. The number of ether oxygens (including phenoxy) is 1. The van der Waals surface area contributed by atoms with Gasteiger partial charge in [0.15, 0.2) is 5.78 Å². The third kappa shape index (κ3) is 2.67. The van der Waals surface area contributed by atoms with Crippen molar-refractivity contribution >= 4 is 5.78 Å². The lowest BCUT2D eigenvalue weighted by molar-refractivity contribution is -0.00436. The first-order valence-electron chi connectivity index (χ1n) is 10.6. The summed E-state index contributed by atoms with van der Waals surface area (Å²) in [5.74, 6) is 0.227. The number of hydrogen-bond donors (Lipinski definition) is 0. The first kappa shape index (κ1) is 19.4. The second-order valence-electron chi connectivity index (χ2n) is 8.55. The Hall–Kier alpha value is -1.97. The summed E-state index contributed by atoms with van der Waals surface area (Å²) in [6, 6.07) is 15.0. The Morgan fingerprint density at radius 3 is 2.32 bits per heavy atom. The van der Waals surface area contributed by atoms with E-state index in [4.69, 9.17) is 4.74 Å². The highest BCUT2D eigenvalue weighted by atomic mass is 16.5. The van der Waals surface area contributed by atoms with Crippen LogP contribution in [0.25, 0.3) is 11.1 Å². The third-order valence-corrected chi connectivity index (χ3v) is 7.08. The van der Waals surface area contributed by atoms with Crippen LogP contribution in [0.1, 0.15) is 62.0 Å². The van der Waals surface area contributed by atoms with Gasteiger partial charge in [-0.25, -0.2) is 0 Å². The normalized spacial score (nSPS) is 18.6. The molecule has 28 heavy (non-hydrogen) atoms. The van der Waals surface area contributed by atoms with E-state index in [9.17, 15) is 4.79 Å². The monoisotopic (exact) mass is 377 g/mol. The Balaban J connectivity index is 1.87. The Labute approximate surface area is 168 Å². The molecular weight excluding hydrogens is 346 g/mol. The molecule has 0 bridgehead atoms. The van der Waals surface area contributed by atoms with E-state index in [1.165, 1.54) is 22.3 Å². The molecule has 1 heterocycles. The molecule has 1 saturated heterocycles. The van der Waals surface area contributed by atoms with Crippen LogP contribution in [0.3, 0.4) is 0 Å². The first-order valence-corrected chi connectivity index (χ1v) is 10.6. The molecule has 2 aliphatic rings. The molecule has 4 rings (SSSR count). The van der Waals surface area contributed by atoms with Crippen molar-refractivity contribution in [1.29, 1.82) is 0 Å². The van der Waals surface area contributed by atoms with Gasteiger partial charge in [0.25, 0.3) is 0 Å². The quantitative estimate of drug-likeness (QED) is 0.682. The number of rotatable bonds is 5. The van der Waals surface area contributed by atoms with Crippen molar-refractivity contribution < 1.29 is 9.53 Å². The minimum absolute atomic E-state index is 0.0841. The minimum Gasteiger partial charge on any atom is -0.379 e. The summed E-state index contributed by atoms with van der Waals surface area (Å²) in [6.07, 6.45) is 1.99. The molecule has 0 saturated carbocycles. The number of carbonyl (C=O) groups excluding carboxylic acids is 1. The molecular formula is C25H31NO2. The van der Waals surface area contributed by atoms with Crippen LogP contribution in [0.15, 0.2) is 42.5 Å². The predicted octanol–water partition coefficient (Wildman–Crippen LogP) is 5.07. The maximum Gasteiger partial charge on any atom is 0.182 e. The molecule has 2 aromatic rings. The molecule has 0 radical (unpaired) electrons. The Morgan fingerprint density at radius 1 is 1.00 bits per heavy atom. The van der Waals surface area contributed by atoms with E-state index in [1.807, 2.05) is 0 Å². The van der Waals surface area contributed by atoms with Gasteiger partial charge in [-0.1, -0.05) is 56.3 Å². The van der Waals surface area contributed by atoms with E-state index in [0.29, 0.717) is 13.2 Å². The van der Waals surface area contributed by atoms with Gasteiger partial charge in [0, 0.05) is 24.1 Å². The van der Waals surface area contributed by atoms with E-state index < -0.39 is 5.54 Å². The maximum absolute atomic E-state index is 13.9. The number of fused-ring (bicyclic) bond motifs is 3. The van der Waals surface area contributed by atoms with Gasteiger partial charge in [0.2, 0.25) is 0 Å². The van der Waals surface area contributed by atoms with Crippen LogP contribution in [0.4, 0.5) is 0 Å². The number of nitrogens with zero attached hydrogens (tertiary/aromatic N) is 1. The van der Waals surface area contributed by atoms with Gasteiger partial charge >= 0.3 is 0 Å². The molecule has 0 N–H and O–H groups in total. The lowest BCUT2D eigenvalue weighted by Crippen LogP contribution is -2.54. The largest absolute Gasteiger partial charge is 0.379 e. The van der Waals surface area contributed by atoms with Gasteiger partial charge in [0.05, 0.1) is 18.8 Å². The fraction of sp³-hybridized carbons (Fsp3) is 0.480. The van der Waals surface area contributed by atoms with E-state index in [1.54, 1.807) is 0 Å². The molecule has 1 fully saturated rings. The van der Waals surface area contributed by atoms with E-state index in [2.05, 4.69) is 75.1 Å². The average Bonchev–Trinajstić information content (AvgIpc) is 3.04. The van der Waals surface area contributed by atoms with Crippen LogP contribution in [0.5, 0.6) is 0 Å². The second-order valence-corrected chi connectivity index (χ2v) is 8.55. The van der Waals surface area contributed by atoms with Crippen LogP contribution < -0.4 is 0 Å². The van der Waals surface area contributed by atoms with Crippen molar-refractivity contribution in [3.05, 3.63) is 59.2 Å². The molecule has 0 atom stereocenters. The van der Waals surface area contributed by atoms with Gasteiger partial charge in [-0.15, -0.1) is 0 Å². The highest BCUT2D eigenvalue weighted by Gasteiger charge is 2.45. The number of hydrogen-bond acceptors (Lipinski definition) is 3. The molecule has 1 aliphatic heterocycles. The second kappa shape index (κ2) is 7.13. The molecule has 0 unspecified atom stereocenters. The SMILES string of the molecule is CCC1(CC)c2ccccc2-c2cccc(C(=O)C(C)(C)N3CCOCC3)c21. The summed E-state index contributed by atoms with van der Waals surface area (Å²) in [5, 5.41) is 0. The molecule has 2 aromatic carbocycles. The van der Waals surface area contributed by atoms with Crippen molar-refractivity contribution in [1.82, 2.24) is 4.90 Å². The van der Waals surface area contributed by atoms with Crippen LogP contribution >= 0.6 is 0 Å². The minimum atomic E-state index is -0.541. The van der Waals surface area contributed by atoms with E-state index in [-0.39, 0.29) is 11.2 Å². The van der Waals surface area contributed by atoms with E-state index in [0.717, 1.165) is 31.5 Å². The Morgan fingerprint density at radius 2 is 1.64 bits per heavy atom. The fourth-order valence-corrected chi connectivity index (χ4v) is 5.33. The highest BCUT2D eigenvalue weighted by molar-refractivity contribution is 6.06. The van der Waals surface area contributed by atoms with Crippen LogP contribution in [-0.4, -0.2) is 42.5 Å². The lowest BCUT2D eigenvalue weighted by Gasteiger charge is -2.40. The van der Waals surface area contributed by atoms with Crippen molar-refractivity contribution in [3.63, 3.8) is 0 Å². The van der Waals surface area contributed by atoms with Crippen LogP contribution in [-0.2, 0) is 10.2 Å². The zero-order valence-corrected chi connectivity index (χ0v) is 17.5. The van der Waals surface area contributed by atoms with Gasteiger partial charge in [-0.3, -0.25) is 9.69 Å². The molecule has 0 spiro atoms. The number of ketones is 1. The summed E-state index contributed by atoms with van der Waals surface area (Å²) >= 11 is 0. The smallest absolute Gasteiger partial charge is 0.182 e. The molecule has 0 aromatic heterocycles. The predicted molar refractivity (Wildman–Crippen MR) is 114 cm³/mol. The van der Waals surface area contributed by atoms with Crippen molar-refractivity contribution in [2.45, 2.75) is 51.5 Å². The van der Waals surface area contributed by atoms with Crippen LogP contribution in [0, 0.1) is 0 Å². The van der Waals surface area contributed by atoms with E-state index >= 15 is 0 Å². The zero-order chi connectivity index (χ0) is 19.9. The molecule has 148 valence electrons. The Kier molecular flexibility index (Phi) is 4.93. The van der Waals surface area contributed by atoms with Gasteiger partial charge in [-0.2, -0.15) is 0 Å². The number of Topliss-reactive ketones (excluding diaryl/α,β-unsaturated/α-hetero) is 1. The number of carbonyl (C=O) groups is 1. The highest BCUT2D eigenvalue weighted by Crippen LogP contribution is 2.54. The summed E-state index contributed by atoms with van der Waals surface area (Å²) in [4.78, 5) is 16.2. The summed E-state index contributed by atoms with van der Waals surface area (Å²) < 4.78 is 5.51. The number of benzene rings is 2. The van der Waals surface area contributed by atoms with Crippen molar-refractivity contribution in [3.8, 4) is 11.1 Å².